The molecule has 0 saturated heterocycles. The second-order valence-corrected chi connectivity index (χ2v) is 3.69. The van der Waals surface area contributed by atoms with E-state index in [0.29, 0.717) is 36.0 Å². The number of carbonyl (C=O) groups excluding carboxylic acids is 1. The Morgan fingerprint density at radius 2 is 2.06 bits per heavy atom. The Morgan fingerprint density at radius 1 is 1.29 bits per heavy atom. The third-order valence-electron chi connectivity index (χ3n) is 2.29. The highest BCUT2D eigenvalue weighted by Gasteiger charge is 2.11. The predicted molar refractivity (Wildman–Crippen MR) is 67.8 cm³/mol. The molecule has 0 aliphatic heterocycles. The van der Waals surface area contributed by atoms with Gasteiger partial charge in [0.1, 0.15) is 6.29 Å². The van der Waals surface area contributed by atoms with Crippen LogP contribution in [0.5, 0.6) is 11.5 Å². The van der Waals surface area contributed by atoms with Gasteiger partial charge in [-0.2, -0.15) is 0 Å². The molecule has 0 radical (unpaired) electrons. The summed E-state index contributed by atoms with van der Waals surface area (Å²) < 4.78 is 11.0. The Morgan fingerprint density at radius 3 is 2.65 bits per heavy atom. The van der Waals surface area contributed by atoms with Crippen LogP contribution in [-0.4, -0.2) is 19.5 Å². The molecular weight excluding hydrogens is 218 g/mol. The highest BCUT2D eigenvalue weighted by atomic mass is 16.5. The monoisotopic (exact) mass is 237 g/mol. The number of unbranched alkanes of at least 4 members (excludes halogenated alkanes) is 1. The Balaban J connectivity index is 2.94. The minimum Gasteiger partial charge on any atom is -0.490 e. The fourth-order valence-corrected chi connectivity index (χ4v) is 1.45. The van der Waals surface area contributed by atoms with Gasteiger partial charge in [-0.15, -0.1) is 0 Å². The molecule has 0 spiro atoms. The third kappa shape index (κ3) is 3.66. The molecule has 4 heteroatoms. The summed E-state index contributed by atoms with van der Waals surface area (Å²) in [6.45, 7) is 5.07. The van der Waals surface area contributed by atoms with Crippen molar-refractivity contribution < 1.29 is 14.3 Å². The number of hydrogen-bond donors (Lipinski definition) is 1. The second kappa shape index (κ2) is 6.78. The van der Waals surface area contributed by atoms with Crippen molar-refractivity contribution in [1.82, 2.24) is 0 Å². The van der Waals surface area contributed by atoms with Crippen LogP contribution in [0, 0.1) is 0 Å². The minimum absolute atomic E-state index is 0.439. The normalized spacial score (nSPS) is 10.0. The molecule has 17 heavy (non-hydrogen) atoms. The van der Waals surface area contributed by atoms with Crippen LogP contribution in [0.4, 0.5) is 5.69 Å². The summed E-state index contributed by atoms with van der Waals surface area (Å²) >= 11 is 0. The molecule has 0 atom stereocenters. The molecule has 0 unspecified atom stereocenters. The van der Waals surface area contributed by atoms with Crippen molar-refractivity contribution in [2.24, 2.45) is 0 Å². The first-order chi connectivity index (χ1) is 8.22. The van der Waals surface area contributed by atoms with Gasteiger partial charge in [-0.25, -0.2) is 0 Å². The summed E-state index contributed by atoms with van der Waals surface area (Å²) in [4.78, 5) is 10.7. The van der Waals surface area contributed by atoms with E-state index < -0.39 is 0 Å². The van der Waals surface area contributed by atoms with Gasteiger partial charge in [0.2, 0.25) is 0 Å². The van der Waals surface area contributed by atoms with Gasteiger partial charge in [-0.1, -0.05) is 13.3 Å². The molecule has 0 saturated carbocycles. The standard InChI is InChI=1S/C13H19NO3/c1-3-5-6-17-13-11(14)7-10(9-15)8-12(13)16-4-2/h7-9H,3-6,14H2,1-2H3. The van der Waals surface area contributed by atoms with Gasteiger partial charge in [-0.3, -0.25) is 4.79 Å². The number of rotatable bonds is 7. The van der Waals surface area contributed by atoms with Crippen molar-refractivity contribution >= 4 is 12.0 Å². The SMILES string of the molecule is CCCCOc1c(N)cc(C=O)cc1OCC. The molecule has 4 nitrogen and oxygen atoms in total. The number of benzene rings is 1. The maximum Gasteiger partial charge on any atom is 0.184 e. The Bertz CT molecular complexity index is 377. The molecule has 0 heterocycles. The molecule has 0 aromatic heterocycles. The predicted octanol–water partition coefficient (Wildman–Crippen LogP) is 2.66. The lowest BCUT2D eigenvalue weighted by Gasteiger charge is -2.14. The summed E-state index contributed by atoms with van der Waals surface area (Å²) in [5.41, 5.74) is 6.78. The van der Waals surface area contributed by atoms with Crippen molar-refractivity contribution in [1.29, 1.82) is 0 Å². The van der Waals surface area contributed by atoms with E-state index in [4.69, 9.17) is 15.2 Å². The number of ether oxygens (including phenoxy) is 2. The Kier molecular flexibility index (Phi) is 5.33. The quantitative estimate of drug-likeness (QED) is 0.450. The first-order valence-electron chi connectivity index (χ1n) is 5.87. The average Bonchev–Trinajstić information content (AvgIpc) is 2.32. The highest BCUT2D eigenvalue weighted by Crippen LogP contribution is 2.34. The van der Waals surface area contributed by atoms with E-state index in [0.717, 1.165) is 19.1 Å². The van der Waals surface area contributed by atoms with Crippen molar-refractivity contribution in [3.63, 3.8) is 0 Å². The maximum absolute atomic E-state index is 10.7. The largest absolute Gasteiger partial charge is 0.490 e. The lowest BCUT2D eigenvalue weighted by atomic mass is 10.2. The third-order valence-corrected chi connectivity index (χ3v) is 2.29. The molecule has 1 rings (SSSR count). The van der Waals surface area contributed by atoms with Gasteiger partial charge in [0.25, 0.3) is 0 Å². The number of hydrogen-bond acceptors (Lipinski definition) is 4. The van der Waals surface area contributed by atoms with E-state index in [2.05, 4.69) is 6.92 Å². The van der Waals surface area contributed by atoms with Gasteiger partial charge in [-0.05, 0) is 25.5 Å². The first kappa shape index (κ1) is 13.4. The minimum atomic E-state index is 0.439. The molecule has 2 N–H and O–H groups in total. The zero-order valence-corrected chi connectivity index (χ0v) is 10.4. The average molecular weight is 237 g/mol. The lowest BCUT2D eigenvalue weighted by molar-refractivity contribution is 0.112. The second-order valence-electron chi connectivity index (χ2n) is 3.69. The summed E-state index contributed by atoms with van der Waals surface area (Å²) in [5, 5.41) is 0. The lowest BCUT2D eigenvalue weighted by Crippen LogP contribution is -2.04. The first-order valence-corrected chi connectivity index (χ1v) is 5.87. The summed E-state index contributed by atoms with van der Waals surface area (Å²) in [6.07, 6.45) is 2.76. The van der Waals surface area contributed by atoms with Gasteiger partial charge in [0.05, 0.1) is 18.9 Å². The number of aldehydes is 1. The van der Waals surface area contributed by atoms with Crippen molar-refractivity contribution in [3.8, 4) is 11.5 Å². The molecule has 0 aliphatic carbocycles. The topological polar surface area (TPSA) is 61.5 Å². The molecule has 0 bridgehead atoms. The van der Waals surface area contributed by atoms with Crippen LogP contribution >= 0.6 is 0 Å². The molecule has 0 amide bonds. The fraction of sp³-hybridized carbons (Fsp3) is 0.462. The van der Waals surface area contributed by atoms with Gasteiger partial charge in [0.15, 0.2) is 11.5 Å². The van der Waals surface area contributed by atoms with Crippen molar-refractivity contribution in [2.75, 3.05) is 18.9 Å². The highest BCUT2D eigenvalue weighted by molar-refractivity contribution is 5.80. The van der Waals surface area contributed by atoms with Crippen LogP contribution in [0.15, 0.2) is 12.1 Å². The summed E-state index contributed by atoms with van der Waals surface area (Å²) in [5.74, 6) is 1.07. The summed E-state index contributed by atoms with van der Waals surface area (Å²) in [7, 11) is 0. The molecule has 0 fully saturated rings. The number of anilines is 1. The molecule has 1 aromatic carbocycles. The van der Waals surface area contributed by atoms with E-state index >= 15 is 0 Å². The van der Waals surface area contributed by atoms with Gasteiger partial charge < -0.3 is 15.2 Å². The van der Waals surface area contributed by atoms with Gasteiger partial charge >= 0.3 is 0 Å². The zero-order chi connectivity index (χ0) is 12.7. The van der Waals surface area contributed by atoms with E-state index in [1.165, 1.54) is 0 Å². The molecule has 1 aromatic rings. The van der Waals surface area contributed by atoms with Crippen LogP contribution < -0.4 is 15.2 Å². The van der Waals surface area contributed by atoms with Crippen LogP contribution in [0.1, 0.15) is 37.0 Å². The van der Waals surface area contributed by atoms with Crippen molar-refractivity contribution in [3.05, 3.63) is 17.7 Å². The van der Waals surface area contributed by atoms with E-state index in [1.54, 1.807) is 12.1 Å². The number of nitrogen functional groups attached to an aromatic ring is 1. The maximum atomic E-state index is 10.7. The van der Waals surface area contributed by atoms with Crippen LogP contribution in [0.25, 0.3) is 0 Å². The smallest absolute Gasteiger partial charge is 0.184 e. The fourth-order valence-electron chi connectivity index (χ4n) is 1.45. The van der Waals surface area contributed by atoms with Crippen molar-refractivity contribution in [2.45, 2.75) is 26.7 Å². The molecule has 0 aliphatic rings. The summed E-state index contributed by atoms with van der Waals surface area (Å²) in [6, 6.07) is 3.24. The van der Waals surface area contributed by atoms with Crippen LogP contribution in [-0.2, 0) is 0 Å². The van der Waals surface area contributed by atoms with E-state index in [9.17, 15) is 4.79 Å². The number of nitrogens with two attached hydrogens (primary N) is 1. The zero-order valence-electron chi connectivity index (χ0n) is 10.4. The Hall–Kier alpha value is -1.71. The van der Waals surface area contributed by atoms with Gasteiger partial charge in [0, 0.05) is 5.56 Å². The molecular formula is C13H19NO3. The number of carbonyl (C=O) groups is 1. The van der Waals surface area contributed by atoms with E-state index in [-0.39, 0.29) is 0 Å². The Labute approximate surface area is 102 Å². The molecule has 94 valence electrons. The van der Waals surface area contributed by atoms with Crippen LogP contribution in [0.3, 0.4) is 0 Å². The van der Waals surface area contributed by atoms with E-state index in [1.807, 2.05) is 6.92 Å². The van der Waals surface area contributed by atoms with Crippen LogP contribution in [0.2, 0.25) is 0 Å².